The Hall–Kier alpha value is -1.95. The molecule has 0 unspecified atom stereocenters. The summed E-state index contributed by atoms with van der Waals surface area (Å²) in [5.41, 5.74) is 0.468. The molecule has 1 aromatic carbocycles. The van der Waals surface area contributed by atoms with Gasteiger partial charge in [0, 0.05) is 20.0 Å². The molecule has 18 heavy (non-hydrogen) atoms. The van der Waals surface area contributed by atoms with Crippen LogP contribution in [0.1, 0.15) is 16.2 Å². The van der Waals surface area contributed by atoms with E-state index in [0.717, 1.165) is 5.82 Å². The molecule has 6 nitrogen and oxygen atoms in total. The van der Waals surface area contributed by atoms with Crippen molar-refractivity contribution in [3.8, 4) is 0 Å². The first-order valence-corrected chi connectivity index (χ1v) is 5.80. The number of hydrogen-bond donors (Lipinski definition) is 1. The smallest absolute Gasteiger partial charge is 0.252 e. The monoisotopic (exact) mass is 265 g/mol. The second kappa shape index (κ2) is 5.59. The average molecular weight is 266 g/mol. The Morgan fingerprint density at radius 1 is 1.44 bits per heavy atom. The molecule has 0 bridgehead atoms. The van der Waals surface area contributed by atoms with Crippen LogP contribution in [0.15, 0.2) is 24.3 Å². The lowest BCUT2D eigenvalue weighted by Gasteiger charge is -2.05. The minimum absolute atomic E-state index is 0.198. The van der Waals surface area contributed by atoms with Crippen LogP contribution in [0.4, 0.5) is 0 Å². The second-order valence-corrected chi connectivity index (χ2v) is 4.11. The van der Waals surface area contributed by atoms with Gasteiger partial charge >= 0.3 is 0 Å². The number of nitrogens with zero attached hydrogens (tertiary/aromatic N) is 4. The van der Waals surface area contributed by atoms with Gasteiger partial charge in [0.25, 0.3) is 5.91 Å². The van der Waals surface area contributed by atoms with Crippen molar-refractivity contribution in [1.29, 1.82) is 0 Å². The lowest BCUT2D eigenvalue weighted by Crippen LogP contribution is -2.26. The van der Waals surface area contributed by atoms with Crippen LogP contribution >= 0.6 is 11.6 Å². The molecule has 0 spiro atoms. The molecular weight excluding hydrogens is 254 g/mol. The zero-order chi connectivity index (χ0) is 13.0. The molecule has 0 aliphatic carbocycles. The number of aromatic nitrogens is 4. The van der Waals surface area contributed by atoms with Crippen molar-refractivity contribution < 1.29 is 4.79 Å². The number of nitrogens with one attached hydrogen (secondary N) is 1. The summed E-state index contributed by atoms with van der Waals surface area (Å²) in [7, 11) is 1.76. The summed E-state index contributed by atoms with van der Waals surface area (Å²) < 4.78 is 1.57. The van der Waals surface area contributed by atoms with Crippen LogP contribution in [-0.4, -0.2) is 32.7 Å². The van der Waals surface area contributed by atoms with Gasteiger partial charge in [0.15, 0.2) is 5.82 Å². The van der Waals surface area contributed by atoms with E-state index in [9.17, 15) is 4.79 Å². The highest BCUT2D eigenvalue weighted by Gasteiger charge is 2.09. The van der Waals surface area contributed by atoms with Gasteiger partial charge in [0.2, 0.25) is 0 Å². The van der Waals surface area contributed by atoms with Crippen LogP contribution in [0.3, 0.4) is 0 Å². The topological polar surface area (TPSA) is 72.7 Å². The van der Waals surface area contributed by atoms with Crippen LogP contribution in [0.5, 0.6) is 0 Å². The number of carbonyl (C=O) groups excluding carboxylic acids is 1. The van der Waals surface area contributed by atoms with Crippen LogP contribution in [0.25, 0.3) is 0 Å². The van der Waals surface area contributed by atoms with E-state index in [0.29, 0.717) is 23.6 Å². The summed E-state index contributed by atoms with van der Waals surface area (Å²) in [5, 5.41) is 14.3. The van der Waals surface area contributed by atoms with E-state index in [4.69, 9.17) is 11.6 Å². The molecule has 0 aliphatic rings. The standard InChI is InChI=1S/C11H12ClN5O/c1-17-10(14-15-16-17)6-7-13-11(18)8-4-2-3-5-9(8)12/h2-5H,6-7H2,1H3,(H,13,18). The molecule has 0 radical (unpaired) electrons. The third kappa shape index (κ3) is 2.84. The van der Waals surface area contributed by atoms with Gasteiger partial charge < -0.3 is 5.32 Å². The Morgan fingerprint density at radius 3 is 2.89 bits per heavy atom. The van der Waals surface area contributed by atoms with E-state index in [1.807, 2.05) is 0 Å². The molecule has 94 valence electrons. The van der Waals surface area contributed by atoms with Crippen molar-refractivity contribution in [2.75, 3.05) is 6.54 Å². The first-order valence-electron chi connectivity index (χ1n) is 5.42. The highest BCUT2D eigenvalue weighted by molar-refractivity contribution is 6.33. The van der Waals surface area contributed by atoms with Gasteiger partial charge in [-0.2, -0.15) is 0 Å². The summed E-state index contributed by atoms with van der Waals surface area (Å²) in [5.74, 6) is 0.519. The van der Waals surface area contributed by atoms with E-state index in [2.05, 4.69) is 20.8 Å². The molecule has 0 aliphatic heterocycles. The lowest BCUT2D eigenvalue weighted by atomic mass is 10.2. The van der Waals surface area contributed by atoms with E-state index in [1.54, 1.807) is 36.0 Å². The fourth-order valence-electron chi connectivity index (χ4n) is 1.49. The van der Waals surface area contributed by atoms with Crippen molar-refractivity contribution in [3.05, 3.63) is 40.7 Å². The number of amides is 1. The number of benzene rings is 1. The fourth-order valence-corrected chi connectivity index (χ4v) is 1.71. The van der Waals surface area contributed by atoms with Crippen LogP contribution in [-0.2, 0) is 13.5 Å². The molecule has 0 fully saturated rings. The van der Waals surface area contributed by atoms with Crippen molar-refractivity contribution in [3.63, 3.8) is 0 Å². The van der Waals surface area contributed by atoms with E-state index < -0.39 is 0 Å². The largest absolute Gasteiger partial charge is 0.352 e. The predicted molar refractivity (Wildman–Crippen MR) is 66.3 cm³/mol. The molecule has 0 saturated heterocycles. The predicted octanol–water partition coefficient (Wildman–Crippen LogP) is 0.836. The van der Waals surface area contributed by atoms with Crippen molar-refractivity contribution >= 4 is 17.5 Å². The molecule has 1 aromatic heterocycles. The van der Waals surface area contributed by atoms with Crippen molar-refractivity contribution in [1.82, 2.24) is 25.5 Å². The van der Waals surface area contributed by atoms with Gasteiger partial charge in [-0.3, -0.25) is 4.79 Å². The first-order chi connectivity index (χ1) is 8.68. The Kier molecular flexibility index (Phi) is 3.88. The maximum Gasteiger partial charge on any atom is 0.252 e. The summed E-state index contributed by atoms with van der Waals surface area (Å²) in [6.07, 6.45) is 0.569. The SMILES string of the molecule is Cn1nnnc1CCNC(=O)c1ccccc1Cl. The number of carbonyl (C=O) groups is 1. The number of rotatable bonds is 4. The van der Waals surface area contributed by atoms with Crippen LogP contribution in [0, 0.1) is 0 Å². The Bertz CT molecular complexity index is 554. The van der Waals surface area contributed by atoms with Gasteiger partial charge in [0.1, 0.15) is 0 Å². The van der Waals surface area contributed by atoms with Crippen molar-refractivity contribution in [2.45, 2.75) is 6.42 Å². The van der Waals surface area contributed by atoms with E-state index >= 15 is 0 Å². The zero-order valence-corrected chi connectivity index (χ0v) is 10.6. The highest BCUT2D eigenvalue weighted by Crippen LogP contribution is 2.14. The summed E-state index contributed by atoms with van der Waals surface area (Å²) in [6, 6.07) is 6.92. The lowest BCUT2D eigenvalue weighted by molar-refractivity contribution is 0.0954. The molecule has 0 saturated carbocycles. The normalized spacial score (nSPS) is 10.3. The number of hydrogen-bond acceptors (Lipinski definition) is 4. The quantitative estimate of drug-likeness (QED) is 0.889. The summed E-state index contributed by atoms with van der Waals surface area (Å²) in [6.45, 7) is 0.457. The maximum absolute atomic E-state index is 11.8. The Labute approximate surface area is 109 Å². The van der Waals surface area contributed by atoms with E-state index in [1.165, 1.54) is 0 Å². The van der Waals surface area contributed by atoms with Gasteiger partial charge in [-0.25, -0.2) is 4.68 Å². The number of tetrazole rings is 1. The number of halogens is 1. The Morgan fingerprint density at radius 2 is 2.22 bits per heavy atom. The van der Waals surface area contributed by atoms with E-state index in [-0.39, 0.29) is 5.91 Å². The third-order valence-corrected chi connectivity index (χ3v) is 2.79. The molecule has 1 amide bonds. The number of aryl methyl sites for hydroxylation is 1. The Balaban J connectivity index is 1.90. The summed E-state index contributed by atoms with van der Waals surface area (Å²) >= 11 is 5.93. The van der Waals surface area contributed by atoms with Crippen LogP contribution < -0.4 is 5.32 Å². The van der Waals surface area contributed by atoms with Gasteiger partial charge in [-0.1, -0.05) is 23.7 Å². The average Bonchev–Trinajstić information content (AvgIpc) is 2.75. The van der Waals surface area contributed by atoms with Crippen molar-refractivity contribution in [2.24, 2.45) is 7.05 Å². The van der Waals surface area contributed by atoms with Crippen LogP contribution in [0.2, 0.25) is 5.02 Å². The minimum atomic E-state index is -0.198. The first kappa shape index (κ1) is 12.5. The highest BCUT2D eigenvalue weighted by atomic mass is 35.5. The second-order valence-electron chi connectivity index (χ2n) is 3.70. The van der Waals surface area contributed by atoms with Gasteiger partial charge in [-0.15, -0.1) is 5.10 Å². The zero-order valence-electron chi connectivity index (χ0n) is 9.80. The van der Waals surface area contributed by atoms with Gasteiger partial charge in [0.05, 0.1) is 10.6 Å². The molecule has 7 heteroatoms. The molecule has 0 atom stereocenters. The molecule has 2 rings (SSSR count). The molecular formula is C11H12ClN5O. The minimum Gasteiger partial charge on any atom is -0.352 e. The third-order valence-electron chi connectivity index (χ3n) is 2.46. The van der Waals surface area contributed by atoms with Gasteiger partial charge in [-0.05, 0) is 22.6 Å². The summed E-state index contributed by atoms with van der Waals surface area (Å²) in [4.78, 5) is 11.8. The fraction of sp³-hybridized carbons (Fsp3) is 0.273. The molecule has 1 N–H and O–H groups in total. The molecule has 1 heterocycles. The molecule has 2 aromatic rings. The maximum atomic E-state index is 11.8.